The van der Waals surface area contributed by atoms with Gasteiger partial charge in [0.25, 0.3) is 0 Å². The highest BCUT2D eigenvalue weighted by Crippen LogP contribution is 2.13. The Labute approximate surface area is 178 Å². The summed E-state index contributed by atoms with van der Waals surface area (Å²) >= 11 is 0. The van der Waals surface area contributed by atoms with Crippen LogP contribution in [-0.4, -0.2) is 76.0 Å². The molecule has 7 nitrogen and oxygen atoms in total. The molecule has 0 saturated carbocycles. The molecule has 0 aromatic heterocycles. The summed E-state index contributed by atoms with van der Waals surface area (Å²) in [5.74, 6) is 0.392. The molecule has 0 unspecified atom stereocenters. The molecular weight excluding hydrogens is 374 g/mol. The third-order valence-corrected chi connectivity index (χ3v) is 3.93. The Hall–Kier alpha value is -0.730. The lowest BCUT2D eigenvalue weighted by Crippen LogP contribution is -2.60. The smallest absolute Gasteiger partial charge is 0.246 e. The molecule has 0 aliphatic carbocycles. The third kappa shape index (κ3) is 16.7. The van der Waals surface area contributed by atoms with E-state index < -0.39 is 5.54 Å². The minimum Gasteiger partial charge on any atom is -0.379 e. The van der Waals surface area contributed by atoms with Crippen LogP contribution in [0.2, 0.25) is 0 Å². The van der Waals surface area contributed by atoms with Crippen molar-refractivity contribution in [2.45, 2.75) is 85.7 Å². The molecule has 0 radical (unpaired) electrons. The lowest BCUT2D eigenvalue weighted by atomic mass is 10.0. The second kappa shape index (κ2) is 16.0. The number of rotatable bonds is 18. The molecule has 0 heterocycles. The molecule has 0 aliphatic rings. The van der Waals surface area contributed by atoms with Gasteiger partial charge in [-0.3, -0.25) is 4.79 Å². The Balaban J connectivity index is 4.67. The van der Waals surface area contributed by atoms with Crippen LogP contribution in [0.15, 0.2) is 0 Å². The van der Waals surface area contributed by atoms with Crippen LogP contribution in [0.4, 0.5) is 0 Å². The minimum atomic E-state index is -0.771. The van der Waals surface area contributed by atoms with Gasteiger partial charge < -0.3 is 29.0 Å². The van der Waals surface area contributed by atoms with Crippen molar-refractivity contribution in [3.8, 4) is 0 Å². The van der Waals surface area contributed by atoms with Crippen LogP contribution in [0.1, 0.15) is 61.8 Å². The minimum absolute atomic E-state index is 0.0311. The third-order valence-electron chi connectivity index (χ3n) is 3.93. The van der Waals surface area contributed by atoms with E-state index in [1.54, 1.807) is 0 Å². The highest BCUT2D eigenvalue weighted by Gasteiger charge is 2.34. The zero-order chi connectivity index (χ0) is 22.3. The van der Waals surface area contributed by atoms with E-state index in [1.165, 1.54) is 0 Å². The van der Waals surface area contributed by atoms with E-state index in [4.69, 9.17) is 23.7 Å². The van der Waals surface area contributed by atoms with Crippen molar-refractivity contribution in [1.29, 1.82) is 0 Å². The number of ether oxygens (including phenoxy) is 5. The second-order valence-corrected chi connectivity index (χ2v) is 8.76. The quantitative estimate of drug-likeness (QED) is 0.344. The maximum atomic E-state index is 12.5. The highest BCUT2D eigenvalue weighted by atomic mass is 16.5. The van der Waals surface area contributed by atoms with Gasteiger partial charge in [0.1, 0.15) is 12.1 Å². The first-order chi connectivity index (χ1) is 13.6. The zero-order valence-electron chi connectivity index (χ0n) is 19.9. The molecule has 29 heavy (non-hydrogen) atoms. The van der Waals surface area contributed by atoms with E-state index >= 15 is 0 Å². The van der Waals surface area contributed by atoms with Crippen molar-refractivity contribution in [1.82, 2.24) is 5.32 Å². The van der Waals surface area contributed by atoms with Crippen LogP contribution in [0, 0.1) is 5.92 Å². The van der Waals surface area contributed by atoms with E-state index in [0.29, 0.717) is 45.6 Å². The summed E-state index contributed by atoms with van der Waals surface area (Å²) < 4.78 is 28.5. The lowest BCUT2D eigenvalue weighted by molar-refractivity contribution is -0.135. The van der Waals surface area contributed by atoms with Gasteiger partial charge in [-0.25, -0.2) is 0 Å². The number of hydrogen-bond acceptors (Lipinski definition) is 6. The van der Waals surface area contributed by atoms with Crippen LogP contribution in [-0.2, 0) is 28.5 Å². The van der Waals surface area contributed by atoms with E-state index in [0.717, 1.165) is 6.42 Å². The molecule has 0 rings (SSSR count). The maximum absolute atomic E-state index is 12.5. The molecule has 0 saturated heterocycles. The van der Waals surface area contributed by atoms with Crippen molar-refractivity contribution < 1.29 is 28.5 Å². The molecule has 0 spiro atoms. The summed E-state index contributed by atoms with van der Waals surface area (Å²) in [6.07, 6.45) is 1.11. The molecule has 0 bridgehead atoms. The van der Waals surface area contributed by atoms with Crippen LogP contribution >= 0.6 is 0 Å². The van der Waals surface area contributed by atoms with Gasteiger partial charge in [-0.1, -0.05) is 13.8 Å². The number of hydrogen-bond donors (Lipinski definition) is 1. The van der Waals surface area contributed by atoms with Crippen LogP contribution in [0.3, 0.4) is 0 Å². The number of carbonyl (C=O) groups is 1. The van der Waals surface area contributed by atoms with Gasteiger partial charge in [-0.2, -0.15) is 0 Å². The maximum Gasteiger partial charge on any atom is 0.246 e. The SMILES string of the molecule is CC(C)CCOCCOCC(=O)NC(COC(C)C)(COC(C)C)COC(C)C. The number of nitrogens with one attached hydrogen (secondary N) is 1. The molecular formula is C22H45NO6. The van der Waals surface area contributed by atoms with Gasteiger partial charge in [0, 0.05) is 6.61 Å². The van der Waals surface area contributed by atoms with Crippen molar-refractivity contribution in [2.75, 3.05) is 46.2 Å². The average molecular weight is 420 g/mol. The van der Waals surface area contributed by atoms with Crippen molar-refractivity contribution in [2.24, 2.45) is 5.92 Å². The molecule has 0 atom stereocenters. The predicted molar refractivity (Wildman–Crippen MR) is 115 cm³/mol. The summed E-state index contributed by atoms with van der Waals surface area (Å²) in [6, 6.07) is 0. The van der Waals surface area contributed by atoms with Crippen LogP contribution in [0.25, 0.3) is 0 Å². The fourth-order valence-electron chi connectivity index (χ4n) is 2.25. The standard InChI is InChI=1S/C22H45NO6/c1-17(2)9-10-25-11-12-26-13-21(24)23-22(14-27-18(3)4,15-28-19(5)6)16-29-20(7)8/h17-20H,9-16H2,1-8H3,(H,23,24). The highest BCUT2D eigenvalue weighted by molar-refractivity contribution is 5.78. The largest absolute Gasteiger partial charge is 0.379 e. The molecule has 174 valence electrons. The van der Waals surface area contributed by atoms with Crippen molar-refractivity contribution in [3.63, 3.8) is 0 Å². The van der Waals surface area contributed by atoms with Crippen LogP contribution in [0.5, 0.6) is 0 Å². The average Bonchev–Trinajstić information content (AvgIpc) is 2.61. The van der Waals surface area contributed by atoms with Gasteiger partial charge in [0.15, 0.2) is 0 Å². The van der Waals surface area contributed by atoms with Gasteiger partial charge in [-0.05, 0) is 53.9 Å². The normalized spacial score (nSPS) is 12.6. The zero-order valence-corrected chi connectivity index (χ0v) is 19.9. The molecule has 1 amide bonds. The first-order valence-electron chi connectivity index (χ1n) is 10.9. The predicted octanol–water partition coefficient (Wildman–Crippen LogP) is 3.20. The topological polar surface area (TPSA) is 75.3 Å². The molecule has 0 fully saturated rings. The summed E-state index contributed by atoms with van der Waals surface area (Å²) in [4.78, 5) is 12.5. The Morgan fingerprint density at radius 2 is 1.17 bits per heavy atom. The molecule has 0 aromatic rings. The van der Waals surface area contributed by atoms with Gasteiger partial charge in [0.2, 0.25) is 5.91 Å². The second-order valence-electron chi connectivity index (χ2n) is 8.76. The first-order valence-corrected chi connectivity index (χ1v) is 10.9. The fraction of sp³-hybridized carbons (Fsp3) is 0.955. The summed E-state index contributed by atoms with van der Waals surface area (Å²) in [6.45, 7) is 18.5. The van der Waals surface area contributed by atoms with Gasteiger partial charge in [-0.15, -0.1) is 0 Å². The monoisotopic (exact) mass is 419 g/mol. The van der Waals surface area contributed by atoms with Gasteiger partial charge in [0.05, 0.1) is 51.3 Å². The molecule has 0 aromatic carbocycles. The van der Waals surface area contributed by atoms with Crippen molar-refractivity contribution >= 4 is 5.91 Å². The summed E-state index contributed by atoms with van der Waals surface area (Å²) in [5.41, 5.74) is -0.771. The molecule has 1 N–H and O–H groups in total. The Kier molecular flexibility index (Phi) is 15.6. The first kappa shape index (κ1) is 28.3. The van der Waals surface area contributed by atoms with Crippen molar-refractivity contribution in [3.05, 3.63) is 0 Å². The Morgan fingerprint density at radius 1 is 0.724 bits per heavy atom. The van der Waals surface area contributed by atoms with Crippen LogP contribution < -0.4 is 5.32 Å². The molecule has 0 aliphatic heterocycles. The number of amides is 1. The molecule has 7 heteroatoms. The summed E-state index contributed by atoms with van der Waals surface area (Å²) in [7, 11) is 0. The Bertz CT molecular complexity index is 381. The van der Waals surface area contributed by atoms with E-state index in [9.17, 15) is 4.79 Å². The summed E-state index contributed by atoms with van der Waals surface area (Å²) in [5, 5.41) is 3.03. The van der Waals surface area contributed by atoms with E-state index in [2.05, 4.69) is 19.2 Å². The fourth-order valence-corrected chi connectivity index (χ4v) is 2.25. The van der Waals surface area contributed by atoms with E-state index in [1.807, 2.05) is 41.5 Å². The number of carbonyl (C=O) groups excluding carboxylic acids is 1. The van der Waals surface area contributed by atoms with Gasteiger partial charge >= 0.3 is 0 Å². The Morgan fingerprint density at radius 3 is 1.59 bits per heavy atom. The van der Waals surface area contributed by atoms with E-state index in [-0.39, 0.29) is 30.8 Å². The lowest BCUT2D eigenvalue weighted by Gasteiger charge is -2.36.